The Morgan fingerprint density at radius 2 is 1.14 bits per heavy atom. The summed E-state index contributed by atoms with van der Waals surface area (Å²) in [5.74, 6) is -0.722. The summed E-state index contributed by atoms with van der Waals surface area (Å²) in [6, 6.07) is 6.40. The zero-order valence-electron chi connectivity index (χ0n) is 13.9. The molecule has 1 rings (SSSR count). The largest absolute Gasteiger partial charge is 0.459 e. The molecule has 0 aliphatic carbocycles. The van der Waals surface area contributed by atoms with Crippen molar-refractivity contribution in [1.29, 1.82) is 0 Å². The zero-order chi connectivity index (χ0) is 16.5. The molecular formula is C18H26O4. The minimum atomic E-state index is -0.361. The average Bonchev–Trinajstić information content (AvgIpc) is 2.47. The van der Waals surface area contributed by atoms with Crippen molar-refractivity contribution in [3.8, 4) is 0 Å². The van der Waals surface area contributed by atoms with Crippen LogP contribution < -0.4 is 0 Å². The van der Waals surface area contributed by atoms with Crippen molar-refractivity contribution in [3.63, 3.8) is 0 Å². The number of ether oxygens (including phenoxy) is 2. The van der Waals surface area contributed by atoms with E-state index in [-0.39, 0.29) is 24.1 Å². The molecule has 0 aliphatic heterocycles. The van der Waals surface area contributed by atoms with Gasteiger partial charge in [0.1, 0.15) is 0 Å². The fraction of sp³-hybridized carbons (Fsp3) is 0.556. The third-order valence-corrected chi connectivity index (χ3v) is 3.36. The van der Waals surface area contributed by atoms with Gasteiger partial charge in [-0.05, 0) is 51.0 Å². The second-order valence-corrected chi connectivity index (χ2v) is 5.59. The molecule has 0 spiro atoms. The molecule has 2 unspecified atom stereocenters. The first-order valence-electron chi connectivity index (χ1n) is 7.99. The quantitative estimate of drug-likeness (QED) is 0.669. The van der Waals surface area contributed by atoms with Crippen molar-refractivity contribution < 1.29 is 19.1 Å². The highest BCUT2D eigenvalue weighted by molar-refractivity contribution is 5.93. The van der Waals surface area contributed by atoms with E-state index in [0.29, 0.717) is 11.1 Å². The lowest BCUT2D eigenvalue weighted by Crippen LogP contribution is -2.16. The predicted octanol–water partition coefficient (Wildman–Crippen LogP) is 4.38. The molecule has 0 saturated carbocycles. The number of hydrogen-bond donors (Lipinski definition) is 0. The lowest BCUT2D eigenvalue weighted by atomic mass is 10.1. The van der Waals surface area contributed by atoms with Gasteiger partial charge in [0.2, 0.25) is 0 Å². The zero-order valence-corrected chi connectivity index (χ0v) is 13.9. The van der Waals surface area contributed by atoms with Gasteiger partial charge in [0, 0.05) is 0 Å². The van der Waals surface area contributed by atoms with Crippen LogP contribution in [-0.4, -0.2) is 24.1 Å². The smallest absolute Gasteiger partial charge is 0.338 e. The van der Waals surface area contributed by atoms with Gasteiger partial charge in [0.05, 0.1) is 23.3 Å². The summed E-state index contributed by atoms with van der Waals surface area (Å²) in [6.07, 6.45) is 3.41. The van der Waals surface area contributed by atoms with Crippen LogP contribution in [0.2, 0.25) is 0 Å². The molecular weight excluding hydrogens is 280 g/mol. The summed E-state index contributed by atoms with van der Waals surface area (Å²) in [5.41, 5.74) is 0.891. The Morgan fingerprint density at radius 1 is 0.818 bits per heavy atom. The third-order valence-electron chi connectivity index (χ3n) is 3.36. The maximum Gasteiger partial charge on any atom is 0.338 e. The number of carbonyl (C=O) groups excluding carboxylic acids is 2. The lowest BCUT2D eigenvalue weighted by Gasteiger charge is -2.13. The molecule has 4 heteroatoms. The Morgan fingerprint density at radius 3 is 1.41 bits per heavy atom. The van der Waals surface area contributed by atoms with Gasteiger partial charge in [-0.3, -0.25) is 0 Å². The van der Waals surface area contributed by atoms with Crippen LogP contribution in [0.1, 0.15) is 74.1 Å². The Labute approximate surface area is 132 Å². The molecule has 1 aromatic rings. The molecule has 0 radical (unpaired) electrons. The number of esters is 2. The van der Waals surface area contributed by atoms with E-state index in [1.165, 1.54) is 0 Å². The second kappa shape index (κ2) is 9.23. The van der Waals surface area contributed by atoms with Crippen LogP contribution in [-0.2, 0) is 9.47 Å². The number of carbonyl (C=O) groups is 2. The minimum absolute atomic E-state index is 0.1000. The van der Waals surface area contributed by atoms with Crippen LogP contribution in [0.15, 0.2) is 24.3 Å². The molecule has 0 bridgehead atoms. The van der Waals surface area contributed by atoms with Gasteiger partial charge in [-0.1, -0.05) is 26.7 Å². The molecule has 0 aromatic heterocycles. The molecule has 122 valence electrons. The van der Waals surface area contributed by atoms with E-state index in [1.54, 1.807) is 24.3 Å². The van der Waals surface area contributed by atoms with Crippen molar-refractivity contribution in [1.82, 2.24) is 0 Å². The van der Waals surface area contributed by atoms with Crippen molar-refractivity contribution >= 4 is 11.9 Å². The van der Waals surface area contributed by atoms with E-state index in [4.69, 9.17) is 9.47 Å². The first kappa shape index (κ1) is 18.2. The predicted molar refractivity (Wildman–Crippen MR) is 86.0 cm³/mol. The summed E-state index contributed by atoms with van der Waals surface area (Å²) < 4.78 is 10.6. The van der Waals surface area contributed by atoms with Crippen molar-refractivity contribution in [2.45, 2.75) is 65.6 Å². The van der Waals surface area contributed by atoms with Gasteiger partial charge < -0.3 is 9.47 Å². The Kier molecular flexibility index (Phi) is 7.64. The molecule has 0 N–H and O–H groups in total. The van der Waals surface area contributed by atoms with Crippen LogP contribution in [0.25, 0.3) is 0 Å². The van der Waals surface area contributed by atoms with Gasteiger partial charge in [-0.15, -0.1) is 0 Å². The van der Waals surface area contributed by atoms with Crippen molar-refractivity contribution in [2.24, 2.45) is 0 Å². The average molecular weight is 306 g/mol. The third kappa shape index (κ3) is 5.88. The van der Waals surface area contributed by atoms with Gasteiger partial charge in [0.15, 0.2) is 0 Å². The highest BCUT2D eigenvalue weighted by Crippen LogP contribution is 2.12. The fourth-order valence-corrected chi connectivity index (χ4v) is 2.17. The molecule has 1 aromatic carbocycles. The van der Waals surface area contributed by atoms with E-state index >= 15 is 0 Å². The summed E-state index contributed by atoms with van der Waals surface area (Å²) >= 11 is 0. The Balaban J connectivity index is 2.62. The van der Waals surface area contributed by atoms with Crippen LogP contribution in [0.5, 0.6) is 0 Å². The van der Waals surface area contributed by atoms with Crippen molar-refractivity contribution in [2.75, 3.05) is 0 Å². The topological polar surface area (TPSA) is 52.6 Å². The molecule has 0 heterocycles. The second-order valence-electron chi connectivity index (χ2n) is 5.59. The van der Waals surface area contributed by atoms with E-state index in [9.17, 15) is 9.59 Å². The first-order valence-corrected chi connectivity index (χ1v) is 7.99. The van der Waals surface area contributed by atoms with Crippen molar-refractivity contribution in [3.05, 3.63) is 35.4 Å². The Bertz CT molecular complexity index is 433. The molecule has 0 aliphatic rings. The van der Waals surface area contributed by atoms with Crippen LogP contribution in [0.4, 0.5) is 0 Å². The molecule has 0 saturated heterocycles. The molecule has 4 nitrogen and oxygen atoms in total. The SMILES string of the molecule is CCCC(C)OC(=O)c1ccc(C(=O)OC(C)CCC)cc1. The number of benzene rings is 1. The van der Waals surface area contributed by atoms with E-state index in [1.807, 2.05) is 27.7 Å². The molecule has 0 fully saturated rings. The van der Waals surface area contributed by atoms with E-state index < -0.39 is 0 Å². The van der Waals surface area contributed by atoms with Crippen LogP contribution in [0, 0.1) is 0 Å². The summed E-state index contributed by atoms with van der Waals surface area (Å²) in [7, 11) is 0. The minimum Gasteiger partial charge on any atom is -0.459 e. The van der Waals surface area contributed by atoms with Crippen LogP contribution in [0.3, 0.4) is 0 Å². The van der Waals surface area contributed by atoms with E-state index in [2.05, 4.69) is 0 Å². The molecule has 0 amide bonds. The highest BCUT2D eigenvalue weighted by atomic mass is 16.5. The summed E-state index contributed by atoms with van der Waals surface area (Å²) in [5, 5.41) is 0. The monoisotopic (exact) mass is 306 g/mol. The van der Waals surface area contributed by atoms with E-state index in [0.717, 1.165) is 25.7 Å². The fourth-order valence-electron chi connectivity index (χ4n) is 2.17. The molecule has 22 heavy (non-hydrogen) atoms. The normalized spacial score (nSPS) is 13.3. The first-order chi connectivity index (χ1) is 10.5. The standard InChI is InChI=1S/C18H26O4/c1-5-7-13(3)21-17(19)15-9-11-16(12-10-15)18(20)22-14(4)8-6-2/h9-14H,5-8H2,1-4H3. The maximum absolute atomic E-state index is 11.9. The van der Waals surface area contributed by atoms with Gasteiger partial charge >= 0.3 is 11.9 Å². The van der Waals surface area contributed by atoms with Crippen LogP contribution >= 0.6 is 0 Å². The number of hydrogen-bond acceptors (Lipinski definition) is 4. The number of rotatable bonds is 8. The highest BCUT2D eigenvalue weighted by Gasteiger charge is 2.14. The van der Waals surface area contributed by atoms with Gasteiger partial charge in [0.25, 0.3) is 0 Å². The van der Waals surface area contributed by atoms with Gasteiger partial charge in [-0.2, -0.15) is 0 Å². The summed E-state index contributed by atoms with van der Waals surface area (Å²) in [6.45, 7) is 7.85. The van der Waals surface area contributed by atoms with Gasteiger partial charge in [-0.25, -0.2) is 9.59 Å². The maximum atomic E-state index is 11.9. The molecule has 2 atom stereocenters. The summed E-state index contributed by atoms with van der Waals surface area (Å²) in [4.78, 5) is 23.9. The Hall–Kier alpha value is -1.84. The lowest BCUT2D eigenvalue weighted by molar-refractivity contribution is 0.0308.